The average Bonchev–Trinajstić information content (AvgIpc) is 2.91. The molecule has 22 heavy (non-hydrogen) atoms. The van der Waals surface area contributed by atoms with Gasteiger partial charge in [0.05, 0.1) is 16.5 Å². The van der Waals surface area contributed by atoms with Crippen LogP contribution in [-0.2, 0) is 0 Å². The molecule has 9 nitrogen and oxygen atoms in total. The Morgan fingerprint density at radius 3 is 2.82 bits per heavy atom. The van der Waals surface area contributed by atoms with E-state index in [1.54, 1.807) is 6.92 Å². The number of nitro groups is 1. The summed E-state index contributed by atoms with van der Waals surface area (Å²) in [7, 11) is 0. The van der Waals surface area contributed by atoms with Crippen LogP contribution in [-0.4, -0.2) is 21.0 Å². The van der Waals surface area contributed by atoms with E-state index in [4.69, 9.17) is 10.3 Å². The fourth-order valence-corrected chi connectivity index (χ4v) is 1.90. The fourth-order valence-electron chi connectivity index (χ4n) is 1.90. The number of aryl methyl sites for hydroxylation is 1. The Hall–Kier alpha value is -2.97. The van der Waals surface area contributed by atoms with E-state index in [9.17, 15) is 14.9 Å². The van der Waals surface area contributed by atoms with Gasteiger partial charge in [-0.05, 0) is 12.5 Å². The van der Waals surface area contributed by atoms with E-state index in [0.29, 0.717) is 18.1 Å². The molecule has 1 aromatic heterocycles. The van der Waals surface area contributed by atoms with Gasteiger partial charge in [0, 0.05) is 24.7 Å². The predicted molar refractivity (Wildman–Crippen MR) is 77.0 cm³/mol. The number of hydrogen-bond acceptors (Lipinski definition) is 7. The molecule has 1 aromatic carbocycles. The number of nitrogens with two attached hydrogens (primary N) is 1. The standard InChI is InChI=1S/C13H15N5O4/c1-3-11(12-15-7(2)22-17-12)16-13(19)9-6-8(18(20)21)4-5-10(9)14/h4-6,11H,3,14H2,1-2H3,(H,16,19)/t11-/m0/s1. The van der Waals surface area contributed by atoms with Crippen LogP contribution >= 0.6 is 0 Å². The average molecular weight is 305 g/mol. The lowest BCUT2D eigenvalue weighted by Gasteiger charge is -2.14. The largest absolute Gasteiger partial charge is 0.398 e. The lowest BCUT2D eigenvalue weighted by atomic mass is 10.1. The molecule has 2 rings (SSSR count). The maximum atomic E-state index is 12.3. The molecule has 116 valence electrons. The lowest BCUT2D eigenvalue weighted by molar-refractivity contribution is -0.384. The van der Waals surface area contributed by atoms with Crippen LogP contribution in [0.4, 0.5) is 11.4 Å². The van der Waals surface area contributed by atoms with Crippen molar-refractivity contribution in [3.05, 3.63) is 45.6 Å². The molecular weight excluding hydrogens is 290 g/mol. The maximum absolute atomic E-state index is 12.3. The van der Waals surface area contributed by atoms with Gasteiger partial charge in [-0.2, -0.15) is 4.98 Å². The number of anilines is 1. The second-order valence-corrected chi connectivity index (χ2v) is 4.63. The number of rotatable bonds is 5. The number of nitrogen functional groups attached to an aromatic ring is 1. The van der Waals surface area contributed by atoms with E-state index in [1.807, 2.05) is 6.92 Å². The van der Waals surface area contributed by atoms with Gasteiger partial charge >= 0.3 is 0 Å². The van der Waals surface area contributed by atoms with E-state index in [-0.39, 0.29) is 16.9 Å². The number of amides is 1. The summed E-state index contributed by atoms with van der Waals surface area (Å²) in [5, 5.41) is 17.2. The monoisotopic (exact) mass is 305 g/mol. The highest BCUT2D eigenvalue weighted by molar-refractivity contribution is 5.99. The minimum Gasteiger partial charge on any atom is -0.398 e. The zero-order valence-electron chi connectivity index (χ0n) is 12.1. The molecule has 0 aliphatic heterocycles. The minimum atomic E-state index is -0.587. The molecule has 2 aromatic rings. The first-order valence-electron chi connectivity index (χ1n) is 6.57. The number of non-ortho nitro benzene ring substituents is 1. The molecule has 1 heterocycles. The van der Waals surface area contributed by atoms with Crippen LogP contribution in [0.2, 0.25) is 0 Å². The number of benzene rings is 1. The minimum absolute atomic E-state index is 0.0351. The zero-order chi connectivity index (χ0) is 16.3. The van der Waals surface area contributed by atoms with Crippen molar-refractivity contribution in [3.63, 3.8) is 0 Å². The molecule has 0 unspecified atom stereocenters. The second-order valence-electron chi connectivity index (χ2n) is 4.63. The number of carbonyl (C=O) groups is 1. The quantitative estimate of drug-likeness (QED) is 0.487. The number of hydrogen-bond donors (Lipinski definition) is 2. The molecule has 0 aliphatic carbocycles. The SMILES string of the molecule is CC[C@H](NC(=O)c1cc([N+](=O)[O-])ccc1N)c1noc(C)n1. The van der Waals surface area contributed by atoms with Crippen molar-refractivity contribution >= 4 is 17.3 Å². The topological polar surface area (TPSA) is 137 Å². The second kappa shape index (κ2) is 6.20. The van der Waals surface area contributed by atoms with Crippen molar-refractivity contribution in [2.24, 2.45) is 0 Å². The molecule has 0 saturated carbocycles. The molecule has 1 amide bonds. The Morgan fingerprint density at radius 2 is 2.27 bits per heavy atom. The third-order valence-electron chi connectivity index (χ3n) is 3.06. The zero-order valence-corrected chi connectivity index (χ0v) is 12.1. The van der Waals surface area contributed by atoms with Crippen molar-refractivity contribution in [2.75, 3.05) is 5.73 Å². The summed E-state index contributed by atoms with van der Waals surface area (Å²) in [6.07, 6.45) is 0.527. The van der Waals surface area contributed by atoms with Crippen molar-refractivity contribution in [1.82, 2.24) is 15.5 Å². The highest BCUT2D eigenvalue weighted by atomic mass is 16.6. The predicted octanol–water partition coefficient (Wildman–Crippen LogP) is 1.75. The molecule has 0 bridgehead atoms. The Bertz CT molecular complexity index is 712. The summed E-state index contributed by atoms with van der Waals surface area (Å²) < 4.78 is 4.88. The molecule has 0 fully saturated rings. The van der Waals surface area contributed by atoms with E-state index >= 15 is 0 Å². The van der Waals surface area contributed by atoms with Crippen LogP contribution in [0.5, 0.6) is 0 Å². The molecule has 0 saturated heterocycles. The van der Waals surface area contributed by atoms with Crippen LogP contribution in [0, 0.1) is 17.0 Å². The maximum Gasteiger partial charge on any atom is 0.270 e. The molecule has 0 spiro atoms. The fraction of sp³-hybridized carbons (Fsp3) is 0.308. The van der Waals surface area contributed by atoms with E-state index in [1.165, 1.54) is 12.1 Å². The van der Waals surface area contributed by atoms with Crippen LogP contribution in [0.25, 0.3) is 0 Å². The van der Waals surface area contributed by atoms with Gasteiger partial charge in [0.1, 0.15) is 0 Å². The van der Waals surface area contributed by atoms with Crippen LogP contribution in [0.3, 0.4) is 0 Å². The smallest absolute Gasteiger partial charge is 0.270 e. The highest BCUT2D eigenvalue weighted by Crippen LogP contribution is 2.21. The van der Waals surface area contributed by atoms with Gasteiger partial charge in [0.25, 0.3) is 11.6 Å². The molecule has 1 atom stereocenters. The first-order valence-corrected chi connectivity index (χ1v) is 6.57. The Balaban J connectivity index is 2.24. The summed E-state index contributed by atoms with van der Waals surface area (Å²) in [5.41, 5.74) is 5.70. The summed E-state index contributed by atoms with van der Waals surface area (Å²) in [6.45, 7) is 3.48. The number of nitrogens with zero attached hydrogens (tertiary/aromatic N) is 3. The van der Waals surface area contributed by atoms with Gasteiger partial charge in [0.15, 0.2) is 5.82 Å². The molecule has 3 N–H and O–H groups in total. The Labute approximate surface area is 125 Å². The van der Waals surface area contributed by atoms with Gasteiger partial charge in [-0.25, -0.2) is 0 Å². The molecule has 0 radical (unpaired) electrons. The number of nitrogens with one attached hydrogen (secondary N) is 1. The number of aromatic nitrogens is 2. The molecule has 0 aliphatic rings. The van der Waals surface area contributed by atoms with E-state index in [2.05, 4.69) is 15.5 Å². The highest BCUT2D eigenvalue weighted by Gasteiger charge is 2.21. The summed E-state index contributed by atoms with van der Waals surface area (Å²) >= 11 is 0. The summed E-state index contributed by atoms with van der Waals surface area (Å²) in [4.78, 5) is 26.6. The Kier molecular flexibility index (Phi) is 4.35. The van der Waals surface area contributed by atoms with Crippen molar-refractivity contribution in [3.8, 4) is 0 Å². The van der Waals surface area contributed by atoms with Gasteiger partial charge < -0.3 is 15.6 Å². The third-order valence-corrected chi connectivity index (χ3v) is 3.06. The van der Waals surface area contributed by atoms with E-state index < -0.39 is 16.9 Å². The normalized spacial score (nSPS) is 11.9. The Morgan fingerprint density at radius 1 is 1.55 bits per heavy atom. The van der Waals surface area contributed by atoms with Gasteiger partial charge in [-0.3, -0.25) is 14.9 Å². The summed E-state index contributed by atoms with van der Waals surface area (Å²) in [6, 6.07) is 3.24. The van der Waals surface area contributed by atoms with Crippen molar-refractivity contribution in [2.45, 2.75) is 26.3 Å². The molecule has 9 heteroatoms. The first kappa shape index (κ1) is 15.4. The number of nitro benzene ring substituents is 1. The third kappa shape index (κ3) is 3.19. The van der Waals surface area contributed by atoms with Crippen molar-refractivity contribution < 1.29 is 14.2 Å². The van der Waals surface area contributed by atoms with Gasteiger partial charge in [-0.1, -0.05) is 12.1 Å². The van der Waals surface area contributed by atoms with Crippen LogP contribution in [0.1, 0.15) is 41.5 Å². The first-order chi connectivity index (χ1) is 10.4. The molecular formula is C13H15N5O4. The van der Waals surface area contributed by atoms with E-state index in [0.717, 1.165) is 6.07 Å². The van der Waals surface area contributed by atoms with Crippen LogP contribution < -0.4 is 11.1 Å². The van der Waals surface area contributed by atoms with Gasteiger partial charge in [0.2, 0.25) is 5.89 Å². The summed E-state index contributed by atoms with van der Waals surface area (Å²) in [5.74, 6) is 0.199. The van der Waals surface area contributed by atoms with Crippen molar-refractivity contribution in [1.29, 1.82) is 0 Å². The van der Waals surface area contributed by atoms with Gasteiger partial charge in [-0.15, -0.1) is 0 Å². The number of carbonyl (C=O) groups excluding carboxylic acids is 1. The lowest BCUT2D eigenvalue weighted by Crippen LogP contribution is -2.29. The van der Waals surface area contributed by atoms with Crippen LogP contribution in [0.15, 0.2) is 22.7 Å².